The van der Waals surface area contributed by atoms with Crippen LogP contribution in [0, 0.1) is 6.92 Å². The van der Waals surface area contributed by atoms with Gasteiger partial charge >= 0.3 is 0 Å². The van der Waals surface area contributed by atoms with Gasteiger partial charge in [0, 0.05) is 17.5 Å². The maximum atomic E-state index is 2.41. The Bertz CT molecular complexity index is 979. The normalized spacial score (nSPS) is 14.3. The van der Waals surface area contributed by atoms with Crippen molar-refractivity contribution in [3.63, 3.8) is 0 Å². The first-order chi connectivity index (χ1) is 12.0. The zero-order valence-electron chi connectivity index (χ0n) is 15.9. The molecule has 0 unspecified atom stereocenters. The lowest BCUT2D eigenvalue weighted by atomic mass is 9.77. The van der Waals surface area contributed by atoms with Crippen LogP contribution in [-0.2, 0) is 18.9 Å². The highest BCUT2D eigenvalue weighted by Gasteiger charge is 2.38. The molecule has 1 heterocycles. The number of aromatic nitrogens is 1. The molecule has 3 aromatic rings. The van der Waals surface area contributed by atoms with Gasteiger partial charge in [0.1, 0.15) is 7.05 Å². The highest BCUT2D eigenvalue weighted by molar-refractivity contribution is 5.86. The van der Waals surface area contributed by atoms with E-state index in [0.717, 1.165) is 6.42 Å². The monoisotopic (exact) mass is 328 g/mol. The summed E-state index contributed by atoms with van der Waals surface area (Å²) < 4.78 is 2.24. The summed E-state index contributed by atoms with van der Waals surface area (Å²) in [4.78, 5) is 0. The van der Waals surface area contributed by atoms with Gasteiger partial charge in [0.2, 0.25) is 5.69 Å². The van der Waals surface area contributed by atoms with Crippen LogP contribution in [-0.4, -0.2) is 0 Å². The van der Waals surface area contributed by atoms with Crippen molar-refractivity contribution >= 4 is 0 Å². The van der Waals surface area contributed by atoms with Crippen molar-refractivity contribution in [3.8, 4) is 22.4 Å². The summed E-state index contributed by atoms with van der Waals surface area (Å²) in [5.41, 5.74) is 11.4. The van der Waals surface area contributed by atoms with E-state index in [1.165, 1.54) is 44.6 Å². The summed E-state index contributed by atoms with van der Waals surface area (Å²) in [5.74, 6) is 0. The topological polar surface area (TPSA) is 3.88 Å². The van der Waals surface area contributed by atoms with Gasteiger partial charge in [-0.25, -0.2) is 4.57 Å². The third kappa shape index (κ3) is 2.18. The van der Waals surface area contributed by atoms with Crippen LogP contribution < -0.4 is 4.57 Å². The van der Waals surface area contributed by atoms with Crippen LogP contribution in [0.2, 0.25) is 0 Å². The minimum atomic E-state index is 0.0487. The molecule has 2 aromatic carbocycles. The van der Waals surface area contributed by atoms with Crippen LogP contribution in [0.25, 0.3) is 22.4 Å². The van der Waals surface area contributed by atoms with E-state index in [-0.39, 0.29) is 5.41 Å². The van der Waals surface area contributed by atoms with Gasteiger partial charge in [-0.2, -0.15) is 0 Å². The average molecular weight is 328 g/mol. The number of hydrogen-bond donors (Lipinski definition) is 0. The number of aryl methyl sites for hydroxylation is 2. The van der Waals surface area contributed by atoms with Crippen LogP contribution in [0.1, 0.15) is 43.0 Å². The SMILES string of the molecule is CCc1c(-c2cccc[n+]2C)c(C)cc2c1C(C)(C)c1ccccc1-2. The van der Waals surface area contributed by atoms with Gasteiger partial charge < -0.3 is 0 Å². The predicted octanol–water partition coefficient (Wildman–Crippen LogP) is 5.36. The second kappa shape index (κ2) is 5.56. The Morgan fingerprint density at radius 3 is 2.40 bits per heavy atom. The van der Waals surface area contributed by atoms with Crippen molar-refractivity contribution in [2.75, 3.05) is 0 Å². The van der Waals surface area contributed by atoms with Gasteiger partial charge in [0.15, 0.2) is 6.20 Å². The van der Waals surface area contributed by atoms with E-state index >= 15 is 0 Å². The van der Waals surface area contributed by atoms with Crippen molar-refractivity contribution in [3.05, 3.63) is 77.0 Å². The van der Waals surface area contributed by atoms with Gasteiger partial charge in [-0.05, 0) is 52.8 Å². The quantitative estimate of drug-likeness (QED) is 0.558. The molecule has 0 amide bonds. The molecule has 25 heavy (non-hydrogen) atoms. The predicted molar refractivity (Wildman–Crippen MR) is 105 cm³/mol. The molecule has 0 saturated carbocycles. The van der Waals surface area contributed by atoms with Crippen molar-refractivity contribution in [2.24, 2.45) is 7.05 Å². The van der Waals surface area contributed by atoms with E-state index in [1.807, 2.05) is 0 Å². The van der Waals surface area contributed by atoms with Gasteiger partial charge in [-0.3, -0.25) is 0 Å². The van der Waals surface area contributed by atoms with Crippen LogP contribution in [0.3, 0.4) is 0 Å². The molecule has 0 bridgehead atoms. The molecular weight excluding hydrogens is 302 g/mol. The van der Waals surface area contributed by atoms with E-state index in [4.69, 9.17) is 0 Å². The molecule has 0 N–H and O–H groups in total. The maximum absolute atomic E-state index is 2.41. The lowest BCUT2D eigenvalue weighted by Gasteiger charge is -2.26. The molecule has 1 nitrogen and oxygen atoms in total. The molecule has 0 atom stereocenters. The first kappa shape index (κ1) is 16.1. The Morgan fingerprint density at radius 2 is 1.68 bits per heavy atom. The molecule has 126 valence electrons. The highest BCUT2D eigenvalue weighted by atomic mass is 14.9. The third-order valence-electron chi connectivity index (χ3n) is 5.81. The number of hydrogen-bond acceptors (Lipinski definition) is 0. The van der Waals surface area contributed by atoms with E-state index < -0.39 is 0 Å². The second-order valence-electron chi connectivity index (χ2n) is 7.69. The Labute approximate surface area is 151 Å². The Balaban J connectivity index is 2.11. The number of fused-ring (bicyclic) bond motifs is 3. The molecular formula is C24H26N+. The van der Waals surface area contributed by atoms with Crippen molar-refractivity contribution in [1.29, 1.82) is 0 Å². The Kier molecular flexibility index (Phi) is 3.57. The summed E-state index contributed by atoms with van der Waals surface area (Å²) >= 11 is 0. The van der Waals surface area contributed by atoms with Crippen LogP contribution in [0.4, 0.5) is 0 Å². The molecule has 0 aliphatic heterocycles. The lowest BCUT2D eigenvalue weighted by molar-refractivity contribution is -0.660. The Hall–Kier alpha value is -2.41. The average Bonchev–Trinajstić information content (AvgIpc) is 2.83. The number of rotatable bonds is 2. The molecule has 0 fully saturated rings. The van der Waals surface area contributed by atoms with Crippen molar-refractivity contribution in [2.45, 2.75) is 39.5 Å². The Morgan fingerprint density at radius 1 is 0.960 bits per heavy atom. The summed E-state index contributed by atoms with van der Waals surface area (Å²) in [6, 6.07) is 17.8. The zero-order valence-corrected chi connectivity index (χ0v) is 15.9. The first-order valence-electron chi connectivity index (χ1n) is 9.18. The minimum Gasteiger partial charge on any atom is -0.201 e. The summed E-state index contributed by atoms with van der Waals surface area (Å²) in [7, 11) is 2.14. The van der Waals surface area contributed by atoms with Crippen LogP contribution >= 0.6 is 0 Å². The molecule has 1 aromatic heterocycles. The molecule has 0 saturated heterocycles. The fraction of sp³-hybridized carbons (Fsp3) is 0.292. The standard InChI is InChI=1S/C24H26N/c1-6-17-22(21-13-9-10-14-25(21)5)16(2)15-19-18-11-7-8-12-20(18)24(3,4)23(17)19/h7-15H,6H2,1-5H3/q+1. The molecule has 0 spiro atoms. The summed E-state index contributed by atoms with van der Waals surface area (Å²) in [6.45, 7) is 9.30. The number of nitrogens with zero attached hydrogens (tertiary/aromatic N) is 1. The van der Waals surface area contributed by atoms with Gasteiger partial charge in [0.25, 0.3) is 0 Å². The molecule has 0 radical (unpaired) electrons. The molecule has 1 heteroatoms. The second-order valence-corrected chi connectivity index (χ2v) is 7.69. The third-order valence-corrected chi connectivity index (χ3v) is 5.81. The first-order valence-corrected chi connectivity index (χ1v) is 9.18. The number of benzene rings is 2. The minimum absolute atomic E-state index is 0.0487. The smallest absolute Gasteiger partial charge is 0.201 e. The van der Waals surface area contributed by atoms with Crippen LogP contribution in [0.15, 0.2) is 54.7 Å². The summed E-state index contributed by atoms with van der Waals surface area (Å²) in [5, 5.41) is 0. The maximum Gasteiger partial charge on any atom is 0.212 e. The fourth-order valence-corrected chi connectivity index (χ4v) is 4.70. The lowest BCUT2D eigenvalue weighted by Crippen LogP contribution is -2.31. The van der Waals surface area contributed by atoms with E-state index in [1.54, 1.807) is 0 Å². The molecule has 1 aliphatic rings. The zero-order chi connectivity index (χ0) is 17.8. The van der Waals surface area contributed by atoms with Crippen molar-refractivity contribution < 1.29 is 4.57 Å². The summed E-state index contributed by atoms with van der Waals surface area (Å²) in [6.07, 6.45) is 3.19. The van der Waals surface area contributed by atoms with Crippen molar-refractivity contribution in [1.82, 2.24) is 0 Å². The van der Waals surface area contributed by atoms with Gasteiger partial charge in [-0.1, -0.05) is 51.1 Å². The van der Waals surface area contributed by atoms with E-state index in [2.05, 4.69) is 94.0 Å². The van der Waals surface area contributed by atoms with E-state index in [0.29, 0.717) is 0 Å². The molecule has 1 aliphatic carbocycles. The highest BCUT2D eigenvalue weighted by Crippen LogP contribution is 2.52. The fourth-order valence-electron chi connectivity index (χ4n) is 4.70. The number of pyridine rings is 1. The van der Waals surface area contributed by atoms with Gasteiger partial charge in [0.05, 0.1) is 5.56 Å². The van der Waals surface area contributed by atoms with Gasteiger partial charge in [-0.15, -0.1) is 0 Å². The molecule has 4 rings (SSSR count). The van der Waals surface area contributed by atoms with Crippen LogP contribution in [0.5, 0.6) is 0 Å². The largest absolute Gasteiger partial charge is 0.212 e. The van der Waals surface area contributed by atoms with E-state index in [9.17, 15) is 0 Å².